The smallest absolute Gasteiger partial charge is 0.223 e. The summed E-state index contributed by atoms with van der Waals surface area (Å²) in [6.45, 7) is 4.22. The highest BCUT2D eigenvalue weighted by atomic mass is 32.2. The molecular weight excluding hydrogens is 254 g/mol. The average Bonchev–Trinajstić information content (AvgIpc) is 2.36. The van der Waals surface area contributed by atoms with Gasteiger partial charge in [0.1, 0.15) is 0 Å². The topological polar surface area (TPSA) is 60.9 Å². The molecule has 1 fully saturated rings. The Labute approximate surface area is 110 Å². The van der Waals surface area contributed by atoms with Gasteiger partial charge in [0.15, 0.2) is 0 Å². The van der Waals surface area contributed by atoms with E-state index in [1.807, 2.05) is 19.0 Å². The molecule has 7 heteroatoms. The fraction of sp³-hybridized carbons (Fsp3) is 0.909. The van der Waals surface area contributed by atoms with Gasteiger partial charge in [0.05, 0.1) is 5.75 Å². The van der Waals surface area contributed by atoms with Gasteiger partial charge in [-0.05, 0) is 21.0 Å². The number of hydrogen-bond acceptors (Lipinski definition) is 4. The van der Waals surface area contributed by atoms with Crippen molar-refractivity contribution in [2.75, 3.05) is 52.6 Å². The first kappa shape index (κ1) is 15.4. The predicted octanol–water partition coefficient (Wildman–Crippen LogP) is -0.568. The summed E-state index contributed by atoms with van der Waals surface area (Å²) in [7, 11) is 0.750. The van der Waals surface area contributed by atoms with E-state index >= 15 is 0 Å². The number of carbonyl (C=O) groups is 1. The second kappa shape index (κ2) is 6.49. The van der Waals surface area contributed by atoms with Gasteiger partial charge in [-0.15, -0.1) is 0 Å². The van der Waals surface area contributed by atoms with Crippen LogP contribution in [0.1, 0.15) is 13.3 Å². The number of carbonyl (C=O) groups excluding carboxylic acids is 1. The van der Waals surface area contributed by atoms with Gasteiger partial charge in [0.25, 0.3) is 0 Å². The zero-order chi connectivity index (χ0) is 13.8. The van der Waals surface area contributed by atoms with Gasteiger partial charge in [0, 0.05) is 39.1 Å². The van der Waals surface area contributed by atoms with Crippen LogP contribution in [-0.4, -0.2) is 81.0 Å². The van der Waals surface area contributed by atoms with Gasteiger partial charge in [-0.1, -0.05) is 0 Å². The van der Waals surface area contributed by atoms with E-state index in [0.29, 0.717) is 32.6 Å². The molecular formula is C11H23N3O3S. The van der Waals surface area contributed by atoms with Crippen molar-refractivity contribution in [3.05, 3.63) is 0 Å². The lowest BCUT2D eigenvalue weighted by molar-refractivity contribution is -0.132. The standard InChI is InChI=1S/C11H23N3O3S/c1-4-18(16,17)14-9-7-13(8-10-14)11(15)5-6-12(2)3/h4-10H2,1-3H3. The fourth-order valence-corrected chi connectivity index (χ4v) is 2.96. The highest BCUT2D eigenvalue weighted by Gasteiger charge is 2.27. The Balaban J connectivity index is 2.42. The molecule has 6 nitrogen and oxygen atoms in total. The minimum absolute atomic E-state index is 0.109. The van der Waals surface area contributed by atoms with Gasteiger partial charge < -0.3 is 9.80 Å². The van der Waals surface area contributed by atoms with Gasteiger partial charge in [-0.25, -0.2) is 8.42 Å². The molecule has 0 bridgehead atoms. The van der Waals surface area contributed by atoms with Crippen LogP contribution in [0.15, 0.2) is 0 Å². The van der Waals surface area contributed by atoms with Crippen LogP contribution in [0.2, 0.25) is 0 Å². The number of sulfonamides is 1. The molecule has 0 aromatic carbocycles. The minimum atomic E-state index is -3.11. The van der Waals surface area contributed by atoms with Crippen molar-refractivity contribution >= 4 is 15.9 Å². The Morgan fingerprint density at radius 3 is 2.17 bits per heavy atom. The van der Waals surface area contributed by atoms with Crippen LogP contribution in [0.25, 0.3) is 0 Å². The lowest BCUT2D eigenvalue weighted by Crippen LogP contribution is -2.51. The zero-order valence-electron chi connectivity index (χ0n) is 11.4. The molecule has 1 saturated heterocycles. The number of piperazine rings is 1. The molecule has 0 N–H and O–H groups in total. The van der Waals surface area contributed by atoms with Crippen molar-refractivity contribution in [3.8, 4) is 0 Å². The van der Waals surface area contributed by atoms with Crippen LogP contribution < -0.4 is 0 Å². The summed E-state index contributed by atoms with van der Waals surface area (Å²) >= 11 is 0. The molecule has 0 saturated carbocycles. The molecule has 18 heavy (non-hydrogen) atoms. The van der Waals surface area contributed by atoms with Crippen LogP contribution >= 0.6 is 0 Å². The van der Waals surface area contributed by atoms with E-state index in [4.69, 9.17) is 0 Å². The molecule has 0 aliphatic carbocycles. The summed E-state index contributed by atoms with van der Waals surface area (Å²) in [5.74, 6) is 0.235. The second-order valence-electron chi connectivity index (χ2n) is 4.73. The Hall–Kier alpha value is -0.660. The van der Waals surface area contributed by atoms with E-state index in [-0.39, 0.29) is 11.7 Å². The molecule has 106 valence electrons. The van der Waals surface area contributed by atoms with Gasteiger partial charge in [-0.2, -0.15) is 4.31 Å². The molecule has 0 atom stereocenters. The predicted molar refractivity (Wildman–Crippen MR) is 70.8 cm³/mol. The number of nitrogens with zero attached hydrogens (tertiary/aromatic N) is 3. The Morgan fingerprint density at radius 1 is 1.17 bits per heavy atom. The molecule has 1 heterocycles. The highest BCUT2D eigenvalue weighted by molar-refractivity contribution is 7.89. The molecule has 0 radical (unpaired) electrons. The van der Waals surface area contributed by atoms with Gasteiger partial charge in [0.2, 0.25) is 15.9 Å². The SMILES string of the molecule is CCS(=O)(=O)N1CCN(C(=O)CCN(C)C)CC1. The van der Waals surface area contributed by atoms with Crippen molar-refractivity contribution in [1.82, 2.24) is 14.1 Å². The first-order valence-corrected chi connectivity index (χ1v) is 7.88. The van der Waals surface area contributed by atoms with Gasteiger partial charge in [-0.3, -0.25) is 4.79 Å². The van der Waals surface area contributed by atoms with E-state index in [1.165, 1.54) is 4.31 Å². The van der Waals surface area contributed by atoms with Crippen LogP contribution in [0.5, 0.6) is 0 Å². The van der Waals surface area contributed by atoms with E-state index in [9.17, 15) is 13.2 Å². The summed E-state index contributed by atoms with van der Waals surface area (Å²) in [4.78, 5) is 15.6. The normalized spacial score (nSPS) is 18.3. The molecule has 0 unspecified atom stereocenters. The number of hydrogen-bond donors (Lipinski definition) is 0. The molecule has 1 rings (SSSR count). The Kier molecular flexibility index (Phi) is 5.55. The Bertz CT molecular complexity index is 373. The lowest BCUT2D eigenvalue weighted by atomic mass is 10.3. The van der Waals surface area contributed by atoms with Crippen molar-refractivity contribution in [1.29, 1.82) is 0 Å². The van der Waals surface area contributed by atoms with Crippen LogP contribution in [0.4, 0.5) is 0 Å². The van der Waals surface area contributed by atoms with E-state index < -0.39 is 10.0 Å². The zero-order valence-corrected chi connectivity index (χ0v) is 12.2. The maximum atomic E-state index is 11.9. The fourth-order valence-electron chi connectivity index (χ4n) is 1.88. The maximum Gasteiger partial charge on any atom is 0.223 e. The first-order chi connectivity index (χ1) is 8.36. The van der Waals surface area contributed by atoms with E-state index in [2.05, 4.69) is 0 Å². The van der Waals surface area contributed by atoms with Crippen LogP contribution in [0.3, 0.4) is 0 Å². The molecule has 0 aromatic heterocycles. The van der Waals surface area contributed by atoms with E-state index in [0.717, 1.165) is 6.54 Å². The van der Waals surface area contributed by atoms with Crippen molar-refractivity contribution in [3.63, 3.8) is 0 Å². The molecule has 1 aliphatic rings. The molecule has 1 aliphatic heterocycles. The summed E-state index contributed by atoms with van der Waals surface area (Å²) < 4.78 is 24.8. The maximum absolute atomic E-state index is 11.9. The van der Waals surface area contributed by atoms with Crippen LogP contribution in [0, 0.1) is 0 Å². The van der Waals surface area contributed by atoms with Gasteiger partial charge >= 0.3 is 0 Å². The number of rotatable bonds is 5. The van der Waals surface area contributed by atoms with Crippen LogP contribution in [-0.2, 0) is 14.8 Å². The summed E-state index contributed by atoms with van der Waals surface area (Å²) in [6.07, 6.45) is 0.494. The first-order valence-electron chi connectivity index (χ1n) is 6.27. The second-order valence-corrected chi connectivity index (χ2v) is 6.99. The summed E-state index contributed by atoms with van der Waals surface area (Å²) in [6, 6.07) is 0. The third-order valence-corrected chi connectivity index (χ3v) is 5.00. The van der Waals surface area contributed by atoms with Crippen molar-refractivity contribution in [2.24, 2.45) is 0 Å². The monoisotopic (exact) mass is 277 g/mol. The number of amides is 1. The average molecular weight is 277 g/mol. The molecule has 0 spiro atoms. The third-order valence-electron chi connectivity index (χ3n) is 3.12. The third kappa shape index (κ3) is 4.22. The minimum Gasteiger partial charge on any atom is -0.340 e. The lowest BCUT2D eigenvalue weighted by Gasteiger charge is -2.34. The molecule has 0 aromatic rings. The quantitative estimate of drug-likeness (QED) is 0.675. The largest absolute Gasteiger partial charge is 0.340 e. The molecule has 1 amide bonds. The summed E-state index contributed by atoms with van der Waals surface area (Å²) in [5.41, 5.74) is 0. The van der Waals surface area contributed by atoms with Crippen molar-refractivity contribution < 1.29 is 13.2 Å². The summed E-state index contributed by atoms with van der Waals surface area (Å²) in [5, 5.41) is 0. The Morgan fingerprint density at radius 2 is 1.72 bits per heavy atom. The van der Waals surface area contributed by atoms with Crippen molar-refractivity contribution in [2.45, 2.75) is 13.3 Å². The highest BCUT2D eigenvalue weighted by Crippen LogP contribution is 2.09. The van der Waals surface area contributed by atoms with E-state index in [1.54, 1.807) is 11.8 Å².